The predicted octanol–water partition coefficient (Wildman–Crippen LogP) is 1.82. The molecule has 1 aromatic rings. The number of nitrogen functional groups attached to an aromatic ring is 1. The molecule has 0 heterocycles. The van der Waals surface area contributed by atoms with Gasteiger partial charge in [0.1, 0.15) is 0 Å². The number of nitrogens with zero attached hydrogens (tertiary/aromatic N) is 1. The van der Waals surface area contributed by atoms with Gasteiger partial charge in [0, 0.05) is 17.7 Å². The normalized spacial score (nSPS) is 10.3. The van der Waals surface area contributed by atoms with E-state index in [2.05, 4.69) is 0 Å². The van der Waals surface area contributed by atoms with Crippen molar-refractivity contribution in [2.45, 2.75) is 6.43 Å². The van der Waals surface area contributed by atoms with E-state index in [-0.39, 0.29) is 16.9 Å². The van der Waals surface area contributed by atoms with Crippen molar-refractivity contribution in [3.8, 4) is 0 Å². The summed E-state index contributed by atoms with van der Waals surface area (Å²) in [5.74, 6) is 4.95. The third-order valence-corrected chi connectivity index (χ3v) is 1.64. The number of nitrogens with two attached hydrogens (primary N) is 1. The first-order valence-corrected chi connectivity index (χ1v) is 3.59. The summed E-state index contributed by atoms with van der Waals surface area (Å²) in [7, 11) is 0. The third-order valence-electron chi connectivity index (χ3n) is 1.64. The van der Waals surface area contributed by atoms with Crippen LogP contribution in [0.4, 0.5) is 20.2 Å². The summed E-state index contributed by atoms with van der Waals surface area (Å²) in [6, 6.07) is 2.93. The van der Waals surface area contributed by atoms with E-state index in [0.29, 0.717) is 0 Å². The molecule has 0 atom stereocenters. The highest BCUT2D eigenvalue weighted by Gasteiger charge is 2.16. The molecule has 0 radical (unpaired) electrons. The number of alkyl halides is 2. The van der Waals surface area contributed by atoms with Crippen LogP contribution in [0.2, 0.25) is 0 Å². The van der Waals surface area contributed by atoms with Gasteiger partial charge in [-0.15, -0.1) is 0 Å². The van der Waals surface area contributed by atoms with Gasteiger partial charge >= 0.3 is 0 Å². The predicted molar refractivity (Wildman–Crippen MR) is 45.9 cm³/mol. The standard InChI is InChI=1S/C7H7F2N3O2/c8-7(9)5-2-1-4(12(13)14)3-6(5)11-10/h1-3,7,11H,10H2. The van der Waals surface area contributed by atoms with Gasteiger partial charge in [0.2, 0.25) is 0 Å². The number of non-ortho nitro benzene ring substituents is 1. The Bertz CT molecular complexity index is 357. The zero-order valence-electron chi connectivity index (χ0n) is 6.91. The van der Waals surface area contributed by atoms with Gasteiger partial charge in [0.25, 0.3) is 12.1 Å². The van der Waals surface area contributed by atoms with E-state index in [1.807, 2.05) is 5.43 Å². The second kappa shape index (κ2) is 3.97. The number of nitro groups is 1. The Kier molecular flexibility index (Phi) is 2.92. The zero-order chi connectivity index (χ0) is 10.7. The number of rotatable bonds is 3. The molecule has 5 nitrogen and oxygen atoms in total. The lowest BCUT2D eigenvalue weighted by molar-refractivity contribution is -0.384. The first kappa shape index (κ1) is 10.3. The van der Waals surface area contributed by atoms with Crippen molar-refractivity contribution in [3.05, 3.63) is 33.9 Å². The van der Waals surface area contributed by atoms with Crippen LogP contribution in [0.25, 0.3) is 0 Å². The van der Waals surface area contributed by atoms with Crippen LogP contribution >= 0.6 is 0 Å². The number of hydrogen-bond acceptors (Lipinski definition) is 4. The number of nitro benzene ring substituents is 1. The lowest BCUT2D eigenvalue weighted by Crippen LogP contribution is -2.09. The number of halogens is 2. The molecule has 1 aromatic carbocycles. The average Bonchev–Trinajstić information content (AvgIpc) is 2.16. The van der Waals surface area contributed by atoms with Crippen LogP contribution in [0.3, 0.4) is 0 Å². The number of hydrogen-bond donors (Lipinski definition) is 2. The van der Waals surface area contributed by atoms with Gasteiger partial charge in [-0.05, 0) is 6.07 Å². The third kappa shape index (κ3) is 1.94. The van der Waals surface area contributed by atoms with Gasteiger partial charge < -0.3 is 5.43 Å². The Labute approximate surface area is 77.6 Å². The van der Waals surface area contributed by atoms with Crippen LogP contribution in [0.15, 0.2) is 18.2 Å². The smallest absolute Gasteiger partial charge is 0.271 e. The molecule has 0 aromatic heterocycles. The fourth-order valence-corrected chi connectivity index (χ4v) is 0.973. The highest BCUT2D eigenvalue weighted by molar-refractivity contribution is 5.57. The summed E-state index contributed by atoms with van der Waals surface area (Å²) < 4.78 is 24.6. The van der Waals surface area contributed by atoms with Crippen molar-refractivity contribution in [2.24, 2.45) is 5.84 Å². The first-order valence-electron chi connectivity index (χ1n) is 3.59. The van der Waals surface area contributed by atoms with Crippen molar-refractivity contribution in [3.63, 3.8) is 0 Å². The highest BCUT2D eigenvalue weighted by Crippen LogP contribution is 2.29. The Hall–Kier alpha value is -1.76. The second-order valence-corrected chi connectivity index (χ2v) is 2.47. The molecule has 0 fully saturated rings. The fourth-order valence-electron chi connectivity index (χ4n) is 0.973. The molecule has 14 heavy (non-hydrogen) atoms. The summed E-state index contributed by atoms with van der Waals surface area (Å²) in [6.45, 7) is 0. The number of nitrogens with one attached hydrogen (secondary N) is 1. The van der Waals surface area contributed by atoms with Crippen molar-refractivity contribution >= 4 is 11.4 Å². The summed E-state index contributed by atoms with van der Waals surface area (Å²) in [4.78, 5) is 9.62. The molecule has 0 unspecified atom stereocenters. The number of anilines is 1. The Morgan fingerprint density at radius 3 is 2.57 bits per heavy atom. The molecule has 3 N–H and O–H groups in total. The summed E-state index contributed by atoms with van der Waals surface area (Å²) >= 11 is 0. The van der Waals surface area contributed by atoms with E-state index in [1.54, 1.807) is 0 Å². The molecule has 76 valence electrons. The van der Waals surface area contributed by atoms with E-state index in [1.165, 1.54) is 0 Å². The van der Waals surface area contributed by atoms with Gasteiger partial charge in [0.05, 0.1) is 10.6 Å². The van der Waals surface area contributed by atoms with Crippen LogP contribution in [-0.4, -0.2) is 4.92 Å². The quantitative estimate of drug-likeness (QED) is 0.446. The van der Waals surface area contributed by atoms with E-state index < -0.39 is 11.3 Å². The maximum absolute atomic E-state index is 12.3. The van der Waals surface area contributed by atoms with Crippen LogP contribution in [0, 0.1) is 10.1 Å². The van der Waals surface area contributed by atoms with Crippen molar-refractivity contribution in [1.29, 1.82) is 0 Å². The number of hydrazine groups is 1. The van der Waals surface area contributed by atoms with Gasteiger partial charge in [-0.25, -0.2) is 8.78 Å². The lowest BCUT2D eigenvalue weighted by Gasteiger charge is -2.06. The van der Waals surface area contributed by atoms with Crippen LogP contribution in [0.5, 0.6) is 0 Å². The Morgan fingerprint density at radius 1 is 1.50 bits per heavy atom. The van der Waals surface area contributed by atoms with E-state index in [0.717, 1.165) is 18.2 Å². The van der Waals surface area contributed by atoms with Gasteiger partial charge in [-0.1, -0.05) is 0 Å². The van der Waals surface area contributed by atoms with Crippen molar-refractivity contribution in [1.82, 2.24) is 0 Å². The molecule has 0 saturated heterocycles. The Balaban J connectivity index is 3.18. The monoisotopic (exact) mass is 203 g/mol. The molecular formula is C7H7F2N3O2. The molecule has 0 aliphatic heterocycles. The summed E-state index contributed by atoms with van der Waals surface area (Å²) in [5.41, 5.74) is 1.19. The molecule has 0 spiro atoms. The van der Waals surface area contributed by atoms with Crippen molar-refractivity contribution < 1.29 is 13.7 Å². The molecule has 0 bridgehead atoms. The summed E-state index contributed by atoms with van der Waals surface area (Å²) in [5, 5.41) is 10.3. The van der Waals surface area contributed by atoms with Gasteiger partial charge in [-0.2, -0.15) is 0 Å². The van der Waals surface area contributed by atoms with E-state index in [9.17, 15) is 18.9 Å². The minimum atomic E-state index is -2.72. The molecule has 0 amide bonds. The molecule has 1 rings (SSSR count). The van der Waals surface area contributed by atoms with E-state index >= 15 is 0 Å². The summed E-state index contributed by atoms with van der Waals surface area (Å²) in [6.07, 6.45) is -2.72. The van der Waals surface area contributed by atoms with Crippen LogP contribution in [-0.2, 0) is 0 Å². The number of benzene rings is 1. The zero-order valence-corrected chi connectivity index (χ0v) is 6.91. The fraction of sp³-hybridized carbons (Fsp3) is 0.143. The average molecular weight is 203 g/mol. The van der Waals surface area contributed by atoms with Gasteiger partial charge in [0.15, 0.2) is 0 Å². The lowest BCUT2D eigenvalue weighted by atomic mass is 10.1. The SMILES string of the molecule is NNc1cc([N+](=O)[O-])ccc1C(F)F. The minimum Gasteiger partial charge on any atom is -0.323 e. The first-order chi connectivity index (χ1) is 6.56. The van der Waals surface area contributed by atoms with Gasteiger partial charge in [-0.3, -0.25) is 16.0 Å². The Morgan fingerprint density at radius 2 is 2.14 bits per heavy atom. The minimum absolute atomic E-state index is 0.144. The molecule has 0 aliphatic rings. The molecular weight excluding hydrogens is 196 g/mol. The second-order valence-electron chi connectivity index (χ2n) is 2.47. The van der Waals surface area contributed by atoms with E-state index in [4.69, 9.17) is 5.84 Å². The van der Waals surface area contributed by atoms with Crippen LogP contribution < -0.4 is 11.3 Å². The topological polar surface area (TPSA) is 81.2 Å². The maximum Gasteiger partial charge on any atom is 0.271 e. The van der Waals surface area contributed by atoms with Crippen LogP contribution in [0.1, 0.15) is 12.0 Å². The largest absolute Gasteiger partial charge is 0.323 e. The molecule has 7 heteroatoms. The molecule has 0 aliphatic carbocycles. The molecule has 0 saturated carbocycles. The van der Waals surface area contributed by atoms with Crippen molar-refractivity contribution in [2.75, 3.05) is 5.43 Å². The highest BCUT2D eigenvalue weighted by atomic mass is 19.3. The maximum atomic E-state index is 12.3.